The summed E-state index contributed by atoms with van der Waals surface area (Å²) in [4.78, 5) is 27.0. The standard InChI is InChI=1S/C15H13N5.C7H6ClN3/c1-9-4-13-14(19-9)17-8-18-15(13)20-12-3-2-10-6-16-7-11(10)5-12;1-4-2-5-6(8)9-3-10-7(5)11-4/h2-5,7-8H,6H2,1H3,(H2,17,18,19,20);2-3H,1H3,(H,9,10,11). The number of aliphatic imine (C=N–C) groups is 1. The maximum Gasteiger partial charge on any atom is 0.143 e. The van der Waals surface area contributed by atoms with Crippen LogP contribution in [-0.2, 0) is 6.54 Å². The minimum Gasteiger partial charge on any atom is -0.343 e. The Bertz CT molecular complexity index is 1430. The molecule has 0 radical (unpaired) electrons. The lowest BCUT2D eigenvalue weighted by molar-refractivity contribution is 1.11. The molecule has 0 amide bonds. The highest BCUT2D eigenvalue weighted by Gasteiger charge is 2.09. The van der Waals surface area contributed by atoms with Gasteiger partial charge in [-0.05, 0) is 49.2 Å². The summed E-state index contributed by atoms with van der Waals surface area (Å²) in [6, 6.07) is 10.2. The van der Waals surface area contributed by atoms with Crippen LogP contribution in [0.2, 0.25) is 5.15 Å². The smallest absolute Gasteiger partial charge is 0.143 e. The van der Waals surface area contributed by atoms with E-state index in [9.17, 15) is 0 Å². The molecule has 31 heavy (non-hydrogen) atoms. The molecule has 6 rings (SSSR count). The molecular formula is C22H19ClN8. The monoisotopic (exact) mass is 430 g/mol. The van der Waals surface area contributed by atoms with Crippen LogP contribution in [-0.4, -0.2) is 36.1 Å². The Morgan fingerprint density at radius 2 is 1.58 bits per heavy atom. The number of anilines is 2. The Kier molecular flexibility index (Phi) is 4.83. The number of H-pyrrole nitrogens is 2. The van der Waals surface area contributed by atoms with Crippen LogP contribution in [0.15, 0.2) is 48.0 Å². The van der Waals surface area contributed by atoms with E-state index in [1.807, 2.05) is 32.2 Å². The van der Waals surface area contributed by atoms with Crippen LogP contribution in [0, 0.1) is 13.8 Å². The van der Waals surface area contributed by atoms with Crippen molar-refractivity contribution in [3.05, 3.63) is 70.7 Å². The highest BCUT2D eigenvalue weighted by atomic mass is 35.5. The third kappa shape index (κ3) is 3.85. The molecule has 0 fully saturated rings. The number of benzene rings is 1. The zero-order valence-electron chi connectivity index (χ0n) is 16.9. The number of hydrogen-bond donors (Lipinski definition) is 3. The fourth-order valence-corrected chi connectivity index (χ4v) is 3.72. The number of nitrogens with zero attached hydrogens (tertiary/aromatic N) is 5. The molecule has 0 bridgehead atoms. The molecule has 5 aromatic rings. The molecule has 1 aliphatic rings. The summed E-state index contributed by atoms with van der Waals surface area (Å²) in [6.07, 6.45) is 4.92. The quantitative estimate of drug-likeness (QED) is 0.346. The Morgan fingerprint density at radius 1 is 0.871 bits per heavy atom. The first-order chi connectivity index (χ1) is 15.1. The van der Waals surface area contributed by atoms with Crippen molar-refractivity contribution in [3.63, 3.8) is 0 Å². The Hall–Kier alpha value is -3.78. The number of hydrogen-bond acceptors (Lipinski definition) is 6. The summed E-state index contributed by atoms with van der Waals surface area (Å²) in [7, 11) is 0. The average Bonchev–Trinajstić information content (AvgIpc) is 3.46. The van der Waals surface area contributed by atoms with Gasteiger partial charge in [-0.1, -0.05) is 17.7 Å². The zero-order chi connectivity index (χ0) is 21.4. The third-order valence-corrected chi connectivity index (χ3v) is 5.27. The summed E-state index contributed by atoms with van der Waals surface area (Å²) in [5.41, 5.74) is 7.21. The van der Waals surface area contributed by atoms with Crippen LogP contribution in [0.3, 0.4) is 0 Å². The van der Waals surface area contributed by atoms with E-state index < -0.39 is 0 Å². The zero-order valence-corrected chi connectivity index (χ0v) is 17.7. The first-order valence-corrected chi connectivity index (χ1v) is 10.1. The van der Waals surface area contributed by atoms with Gasteiger partial charge < -0.3 is 15.3 Å². The molecule has 3 N–H and O–H groups in total. The van der Waals surface area contributed by atoms with Gasteiger partial charge in [-0.25, -0.2) is 19.9 Å². The Morgan fingerprint density at radius 3 is 2.35 bits per heavy atom. The summed E-state index contributed by atoms with van der Waals surface area (Å²) in [5.74, 6) is 0.814. The number of nitrogens with one attached hydrogen (secondary N) is 3. The van der Waals surface area contributed by atoms with Crippen molar-refractivity contribution < 1.29 is 0 Å². The van der Waals surface area contributed by atoms with E-state index in [0.29, 0.717) is 5.15 Å². The van der Waals surface area contributed by atoms with E-state index in [1.54, 1.807) is 6.33 Å². The molecule has 0 aliphatic carbocycles. The molecule has 8 nitrogen and oxygen atoms in total. The predicted molar refractivity (Wildman–Crippen MR) is 123 cm³/mol. The SMILES string of the molecule is Cc1cc2c(Cl)ncnc2[nH]1.Cc1cc2c(Nc3ccc4c(c3)C=NC4)ncnc2[nH]1. The predicted octanol–water partition coefficient (Wildman–Crippen LogP) is 4.86. The molecule has 4 aromatic heterocycles. The lowest BCUT2D eigenvalue weighted by atomic mass is 10.1. The summed E-state index contributed by atoms with van der Waals surface area (Å²) in [6.45, 7) is 4.75. The second-order valence-corrected chi connectivity index (χ2v) is 7.68. The lowest BCUT2D eigenvalue weighted by Gasteiger charge is -2.07. The second kappa shape index (κ2) is 7.81. The Labute approximate surface area is 182 Å². The average molecular weight is 431 g/mol. The number of fused-ring (bicyclic) bond motifs is 3. The minimum atomic E-state index is 0.499. The van der Waals surface area contributed by atoms with Gasteiger partial charge in [-0.3, -0.25) is 4.99 Å². The summed E-state index contributed by atoms with van der Waals surface area (Å²) in [5, 5.41) is 5.74. The molecule has 0 atom stereocenters. The molecule has 5 heterocycles. The van der Waals surface area contributed by atoms with Crippen LogP contribution in [0.1, 0.15) is 22.5 Å². The van der Waals surface area contributed by atoms with E-state index >= 15 is 0 Å². The van der Waals surface area contributed by atoms with Crippen LogP contribution in [0.25, 0.3) is 22.1 Å². The molecule has 9 heteroatoms. The van der Waals surface area contributed by atoms with Crippen LogP contribution >= 0.6 is 11.6 Å². The van der Waals surface area contributed by atoms with Gasteiger partial charge in [0.2, 0.25) is 0 Å². The number of aromatic amines is 2. The van der Waals surface area contributed by atoms with Crippen molar-refractivity contribution in [2.75, 3.05) is 5.32 Å². The van der Waals surface area contributed by atoms with E-state index in [-0.39, 0.29) is 0 Å². The maximum absolute atomic E-state index is 5.80. The highest BCUT2D eigenvalue weighted by Crippen LogP contribution is 2.26. The fraction of sp³-hybridized carbons (Fsp3) is 0.136. The van der Waals surface area contributed by atoms with Crippen LogP contribution in [0.4, 0.5) is 11.5 Å². The lowest BCUT2D eigenvalue weighted by Crippen LogP contribution is -1.96. The first-order valence-electron chi connectivity index (χ1n) is 9.73. The van der Waals surface area contributed by atoms with Crippen molar-refractivity contribution in [1.29, 1.82) is 0 Å². The number of halogens is 1. The fourth-order valence-electron chi connectivity index (χ4n) is 3.53. The summed E-state index contributed by atoms with van der Waals surface area (Å²) >= 11 is 5.80. The molecule has 0 spiro atoms. The summed E-state index contributed by atoms with van der Waals surface area (Å²) < 4.78 is 0. The van der Waals surface area contributed by atoms with Crippen molar-refractivity contribution in [1.82, 2.24) is 29.9 Å². The molecular weight excluding hydrogens is 412 g/mol. The van der Waals surface area contributed by atoms with Gasteiger partial charge in [0.05, 0.1) is 17.3 Å². The Balaban J connectivity index is 0.000000157. The molecule has 1 aliphatic heterocycles. The van der Waals surface area contributed by atoms with Gasteiger partial charge in [0.15, 0.2) is 0 Å². The van der Waals surface area contributed by atoms with Gasteiger partial charge in [0.1, 0.15) is 34.9 Å². The van der Waals surface area contributed by atoms with Crippen LogP contribution in [0.5, 0.6) is 0 Å². The van der Waals surface area contributed by atoms with E-state index in [4.69, 9.17) is 11.6 Å². The first kappa shape index (κ1) is 19.2. The van der Waals surface area contributed by atoms with Crippen LogP contribution < -0.4 is 5.32 Å². The molecule has 154 valence electrons. The van der Waals surface area contributed by atoms with Crippen molar-refractivity contribution in [2.45, 2.75) is 20.4 Å². The van der Waals surface area contributed by atoms with Gasteiger partial charge in [-0.15, -0.1) is 0 Å². The molecule has 0 saturated carbocycles. The number of aryl methyl sites for hydroxylation is 2. The van der Waals surface area contributed by atoms with E-state index in [0.717, 1.165) is 51.5 Å². The molecule has 0 unspecified atom stereocenters. The second-order valence-electron chi connectivity index (χ2n) is 7.32. The normalized spacial score (nSPS) is 12.1. The molecule has 1 aromatic carbocycles. The van der Waals surface area contributed by atoms with E-state index in [1.165, 1.54) is 17.5 Å². The van der Waals surface area contributed by atoms with Gasteiger partial charge in [0.25, 0.3) is 0 Å². The largest absolute Gasteiger partial charge is 0.343 e. The van der Waals surface area contributed by atoms with Gasteiger partial charge in [0, 0.05) is 23.3 Å². The van der Waals surface area contributed by atoms with Gasteiger partial charge in [-0.2, -0.15) is 0 Å². The minimum absolute atomic E-state index is 0.499. The number of aromatic nitrogens is 6. The van der Waals surface area contributed by atoms with E-state index in [2.05, 4.69) is 58.4 Å². The maximum atomic E-state index is 5.80. The number of rotatable bonds is 2. The highest BCUT2D eigenvalue weighted by molar-refractivity contribution is 6.33. The van der Waals surface area contributed by atoms with Crippen molar-refractivity contribution >= 4 is 51.4 Å². The molecule has 0 saturated heterocycles. The van der Waals surface area contributed by atoms with Gasteiger partial charge >= 0.3 is 0 Å². The van der Waals surface area contributed by atoms with Crippen molar-refractivity contribution in [2.24, 2.45) is 4.99 Å². The van der Waals surface area contributed by atoms with Crippen molar-refractivity contribution in [3.8, 4) is 0 Å². The topological polar surface area (TPSA) is 108 Å². The third-order valence-electron chi connectivity index (χ3n) is 4.97.